The van der Waals surface area contributed by atoms with Crippen LogP contribution < -0.4 is 10.6 Å². The minimum absolute atomic E-state index is 0.000670. The molecular weight excluding hydrogens is 445 g/mol. The first kappa shape index (κ1) is 19.8. The van der Waals surface area contributed by atoms with Crippen LogP contribution in [0.1, 0.15) is 23.5 Å². The summed E-state index contributed by atoms with van der Waals surface area (Å²) in [6.07, 6.45) is -3.77. The van der Waals surface area contributed by atoms with Crippen molar-refractivity contribution < 1.29 is 30.8 Å². The first-order chi connectivity index (χ1) is 16.0. The second kappa shape index (κ2) is 8.61. The van der Waals surface area contributed by atoms with Crippen molar-refractivity contribution in [1.82, 2.24) is 9.29 Å². The average Bonchev–Trinajstić information content (AvgIpc) is 2.76. The quantitative estimate of drug-likeness (QED) is 0.664. The third-order valence-electron chi connectivity index (χ3n) is 5.29. The van der Waals surface area contributed by atoms with Crippen molar-refractivity contribution in [2.75, 3.05) is 30.3 Å². The van der Waals surface area contributed by atoms with Crippen LogP contribution in [0.25, 0.3) is 0 Å². The van der Waals surface area contributed by atoms with Crippen LogP contribution in [-0.2, 0) is 15.6 Å². The molecule has 1 fully saturated rings. The molecule has 32 heavy (non-hydrogen) atoms. The maximum Gasteiger partial charge on any atom is 0.421 e. The van der Waals surface area contributed by atoms with E-state index < -0.39 is 34.7 Å². The van der Waals surface area contributed by atoms with Gasteiger partial charge in [0.05, 0.1) is 0 Å². The SMILES string of the molecule is [2H]C([2H])([2H])C#CC1CN(S(=O)(=O)c2ccc(N)nc2)CCN1c1ccc([C@@](C)(O)C(F)(F)F)cc1. The smallest absolute Gasteiger partial charge is 0.384 e. The van der Waals surface area contributed by atoms with Gasteiger partial charge in [-0.25, -0.2) is 13.4 Å². The average molecular weight is 472 g/mol. The van der Waals surface area contributed by atoms with Gasteiger partial charge in [-0.1, -0.05) is 18.1 Å². The molecule has 1 aliphatic rings. The van der Waals surface area contributed by atoms with Crippen LogP contribution in [0.5, 0.6) is 0 Å². The van der Waals surface area contributed by atoms with Gasteiger partial charge in [0.2, 0.25) is 10.0 Å². The van der Waals surface area contributed by atoms with E-state index in [9.17, 15) is 26.7 Å². The van der Waals surface area contributed by atoms with Crippen LogP contribution in [0.4, 0.5) is 24.7 Å². The van der Waals surface area contributed by atoms with Gasteiger partial charge in [0, 0.05) is 35.6 Å². The number of nitrogen functional groups attached to an aromatic ring is 1. The molecule has 1 aromatic carbocycles. The maximum atomic E-state index is 13.2. The highest BCUT2D eigenvalue weighted by atomic mass is 32.2. The van der Waals surface area contributed by atoms with Gasteiger partial charge in [0.1, 0.15) is 16.8 Å². The molecule has 0 aliphatic carbocycles. The molecule has 0 radical (unpaired) electrons. The largest absolute Gasteiger partial charge is 0.421 e. The number of aliphatic hydroxyl groups is 1. The highest BCUT2D eigenvalue weighted by Crippen LogP contribution is 2.39. The summed E-state index contributed by atoms with van der Waals surface area (Å²) < 4.78 is 88.8. The summed E-state index contributed by atoms with van der Waals surface area (Å²) in [4.78, 5) is 5.31. The summed E-state index contributed by atoms with van der Waals surface area (Å²) in [5.74, 6) is 4.86. The Morgan fingerprint density at radius 3 is 2.47 bits per heavy atom. The highest BCUT2D eigenvalue weighted by molar-refractivity contribution is 7.89. The molecule has 7 nitrogen and oxygen atoms in total. The number of rotatable bonds is 4. The number of hydrogen-bond donors (Lipinski definition) is 2. The number of benzene rings is 1. The molecule has 2 aromatic rings. The first-order valence-electron chi connectivity index (χ1n) is 10.9. The number of pyridine rings is 1. The predicted molar refractivity (Wildman–Crippen MR) is 114 cm³/mol. The zero-order valence-corrected chi connectivity index (χ0v) is 17.8. The summed E-state index contributed by atoms with van der Waals surface area (Å²) in [7, 11) is -3.99. The number of hydrogen-bond acceptors (Lipinski definition) is 6. The van der Waals surface area contributed by atoms with Crippen LogP contribution in [0.15, 0.2) is 47.5 Å². The predicted octanol–water partition coefficient (Wildman–Crippen LogP) is 2.34. The van der Waals surface area contributed by atoms with Crippen molar-refractivity contribution in [2.24, 2.45) is 0 Å². The molecule has 2 heterocycles. The van der Waals surface area contributed by atoms with E-state index in [4.69, 9.17) is 9.85 Å². The molecule has 1 saturated heterocycles. The van der Waals surface area contributed by atoms with Crippen LogP contribution in [0.3, 0.4) is 0 Å². The van der Waals surface area contributed by atoms with Crippen LogP contribution in [0, 0.1) is 11.8 Å². The van der Waals surface area contributed by atoms with Gasteiger partial charge in [-0.15, -0.1) is 5.92 Å². The number of piperazine rings is 1. The lowest BCUT2D eigenvalue weighted by molar-refractivity contribution is -0.258. The topological polar surface area (TPSA) is 99.8 Å². The minimum Gasteiger partial charge on any atom is -0.384 e. The molecule has 0 amide bonds. The van der Waals surface area contributed by atoms with Gasteiger partial charge >= 0.3 is 6.18 Å². The molecule has 2 atom stereocenters. The minimum atomic E-state index is -4.89. The summed E-state index contributed by atoms with van der Waals surface area (Å²) in [6, 6.07) is 6.64. The van der Waals surface area contributed by atoms with E-state index in [2.05, 4.69) is 16.8 Å². The van der Waals surface area contributed by atoms with Gasteiger partial charge in [0.25, 0.3) is 0 Å². The third kappa shape index (κ3) is 4.53. The number of nitrogens with zero attached hydrogens (tertiary/aromatic N) is 3. The zero-order valence-electron chi connectivity index (χ0n) is 20.0. The molecule has 1 unspecified atom stereocenters. The number of aromatic nitrogens is 1. The fraction of sp³-hybridized carbons (Fsp3) is 0.381. The van der Waals surface area contributed by atoms with Crippen LogP contribution >= 0.6 is 0 Å². The third-order valence-corrected chi connectivity index (χ3v) is 7.14. The normalized spacial score (nSPS) is 21.5. The van der Waals surface area contributed by atoms with Crippen molar-refractivity contribution in [3.8, 4) is 11.8 Å². The standard InChI is InChI=1S/C21H23F3N4O3S/c1-3-4-17-14-27(32(30,31)18-9-10-19(25)26-13-18)11-12-28(17)16-7-5-15(6-8-16)20(2,29)21(22,23)24/h5-10,13,17,29H,11-12,14H2,1-2H3,(H2,25,26)/t17?,20-/m1/s1/i1D3. The van der Waals surface area contributed by atoms with Crippen LogP contribution in [0.2, 0.25) is 0 Å². The van der Waals surface area contributed by atoms with Gasteiger partial charge in [0.15, 0.2) is 5.60 Å². The lowest BCUT2D eigenvalue weighted by Gasteiger charge is -2.40. The van der Waals surface area contributed by atoms with E-state index in [1.54, 1.807) is 4.90 Å². The summed E-state index contributed by atoms with van der Waals surface area (Å²) in [5.41, 5.74) is 2.47. The Bertz CT molecular complexity index is 1220. The van der Waals surface area contributed by atoms with E-state index >= 15 is 0 Å². The van der Waals surface area contributed by atoms with Crippen molar-refractivity contribution in [1.29, 1.82) is 0 Å². The Hall–Kier alpha value is -2.81. The van der Waals surface area contributed by atoms with E-state index in [1.807, 2.05) is 0 Å². The van der Waals surface area contributed by atoms with E-state index in [-0.39, 0.29) is 35.9 Å². The number of nitrogens with two attached hydrogens (primary N) is 1. The van der Waals surface area contributed by atoms with E-state index in [0.29, 0.717) is 12.6 Å². The van der Waals surface area contributed by atoms with Crippen LogP contribution in [-0.4, -0.2) is 54.7 Å². The Morgan fingerprint density at radius 2 is 1.91 bits per heavy atom. The second-order valence-electron chi connectivity index (χ2n) is 7.38. The van der Waals surface area contributed by atoms with Gasteiger partial charge in [-0.3, -0.25) is 0 Å². The van der Waals surface area contributed by atoms with Gasteiger partial charge in [-0.2, -0.15) is 17.5 Å². The van der Waals surface area contributed by atoms with E-state index in [1.165, 1.54) is 24.3 Å². The Labute approximate surface area is 188 Å². The lowest BCUT2D eigenvalue weighted by atomic mass is 9.95. The molecule has 0 bridgehead atoms. The second-order valence-corrected chi connectivity index (χ2v) is 9.32. The zero-order chi connectivity index (χ0) is 26.2. The summed E-state index contributed by atoms with van der Waals surface area (Å²) in [6.45, 7) is -2.07. The van der Waals surface area contributed by atoms with Gasteiger partial charge < -0.3 is 15.7 Å². The van der Waals surface area contributed by atoms with Crippen molar-refractivity contribution in [3.05, 3.63) is 48.2 Å². The summed E-state index contributed by atoms with van der Waals surface area (Å²) >= 11 is 0. The number of alkyl halides is 3. The molecule has 11 heteroatoms. The Morgan fingerprint density at radius 1 is 1.22 bits per heavy atom. The van der Waals surface area contributed by atoms with Crippen molar-refractivity contribution in [3.63, 3.8) is 0 Å². The molecule has 0 saturated carbocycles. The maximum absolute atomic E-state index is 13.2. The fourth-order valence-electron chi connectivity index (χ4n) is 3.33. The summed E-state index contributed by atoms with van der Waals surface area (Å²) in [5, 5.41) is 9.89. The van der Waals surface area contributed by atoms with Crippen molar-refractivity contribution >= 4 is 21.5 Å². The van der Waals surface area contributed by atoms with Crippen molar-refractivity contribution in [2.45, 2.75) is 36.5 Å². The fourth-order valence-corrected chi connectivity index (χ4v) is 4.71. The molecule has 3 rings (SSSR count). The molecule has 1 aliphatic heterocycles. The van der Waals surface area contributed by atoms with Gasteiger partial charge in [-0.05, 0) is 43.6 Å². The molecule has 0 spiro atoms. The Balaban J connectivity index is 1.93. The number of anilines is 2. The number of halogens is 3. The first-order valence-corrected chi connectivity index (χ1v) is 10.9. The highest BCUT2D eigenvalue weighted by Gasteiger charge is 2.51. The molecular formula is C21H23F3N4O3S. The molecule has 3 N–H and O–H groups in total. The molecule has 172 valence electrons. The lowest BCUT2D eigenvalue weighted by Crippen LogP contribution is -2.54. The number of sulfonamides is 1. The molecule has 1 aromatic heterocycles. The Kier molecular flexibility index (Phi) is 5.34. The monoisotopic (exact) mass is 471 g/mol. The van der Waals surface area contributed by atoms with E-state index in [0.717, 1.165) is 22.6 Å².